The molecule has 3 rings (SSSR count). The maximum atomic E-state index is 12.6. The highest BCUT2D eigenvalue weighted by molar-refractivity contribution is 5.94. The molecule has 0 spiro atoms. The van der Waals surface area contributed by atoms with Crippen molar-refractivity contribution in [1.82, 2.24) is 4.90 Å². The molecule has 0 bridgehead atoms. The molecule has 0 atom stereocenters. The molecule has 0 heterocycles. The van der Waals surface area contributed by atoms with E-state index >= 15 is 0 Å². The van der Waals surface area contributed by atoms with E-state index in [-0.39, 0.29) is 5.91 Å². The second-order valence-electron chi connectivity index (χ2n) is 6.27. The van der Waals surface area contributed by atoms with E-state index in [1.165, 1.54) is 5.56 Å². The third-order valence-electron chi connectivity index (χ3n) is 4.48. The topological polar surface area (TPSA) is 29.5 Å². The van der Waals surface area contributed by atoms with E-state index in [0.717, 1.165) is 23.3 Å². The van der Waals surface area contributed by atoms with Gasteiger partial charge in [0.1, 0.15) is 5.75 Å². The lowest BCUT2D eigenvalue weighted by atomic mass is 10.0. The smallest absolute Gasteiger partial charge is 0.253 e. The summed E-state index contributed by atoms with van der Waals surface area (Å²) in [7, 11) is 3.50. The minimum Gasteiger partial charge on any atom is -0.497 e. The number of carbonyl (C=O) groups excluding carboxylic acids is 1. The molecule has 0 radical (unpaired) electrons. The van der Waals surface area contributed by atoms with Gasteiger partial charge in [0.2, 0.25) is 0 Å². The number of benzene rings is 3. The van der Waals surface area contributed by atoms with Crippen LogP contribution in [0.15, 0.2) is 78.9 Å². The fourth-order valence-electron chi connectivity index (χ4n) is 2.85. The van der Waals surface area contributed by atoms with E-state index in [1.807, 2.05) is 73.8 Å². The number of hydrogen-bond donors (Lipinski definition) is 0. The van der Waals surface area contributed by atoms with Crippen LogP contribution in [0.5, 0.6) is 5.75 Å². The molecule has 3 nitrogen and oxygen atoms in total. The Morgan fingerprint density at radius 2 is 1.46 bits per heavy atom. The monoisotopic (exact) mass is 345 g/mol. The summed E-state index contributed by atoms with van der Waals surface area (Å²) in [6, 6.07) is 25.9. The molecular formula is C23H23NO2. The number of hydrogen-bond acceptors (Lipinski definition) is 2. The highest BCUT2D eigenvalue weighted by Gasteiger charge is 2.11. The van der Waals surface area contributed by atoms with Gasteiger partial charge >= 0.3 is 0 Å². The summed E-state index contributed by atoms with van der Waals surface area (Å²) in [5.41, 5.74) is 4.16. The van der Waals surface area contributed by atoms with Gasteiger partial charge in [-0.1, -0.05) is 54.6 Å². The van der Waals surface area contributed by atoms with Crippen LogP contribution in [0.3, 0.4) is 0 Å². The summed E-state index contributed by atoms with van der Waals surface area (Å²) >= 11 is 0. The molecule has 0 aliphatic heterocycles. The zero-order valence-corrected chi connectivity index (χ0v) is 15.2. The lowest BCUT2D eigenvalue weighted by Gasteiger charge is -2.17. The van der Waals surface area contributed by atoms with Gasteiger partial charge in [-0.15, -0.1) is 0 Å². The molecule has 3 aromatic rings. The number of nitrogens with zero attached hydrogens (tertiary/aromatic N) is 1. The molecule has 0 saturated heterocycles. The van der Waals surface area contributed by atoms with Crippen molar-refractivity contribution in [1.29, 1.82) is 0 Å². The van der Waals surface area contributed by atoms with Gasteiger partial charge in [-0.05, 0) is 47.4 Å². The molecule has 3 aromatic carbocycles. The average molecular weight is 345 g/mol. The van der Waals surface area contributed by atoms with Crippen molar-refractivity contribution in [3.05, 3.63) is 90.0 Å². The Morgan fingerprint density at radius 3 is 2.08 bits per heavy atom. The molecule has 0 fully saturated rings. The number of carbonyl (C=O) groups is 1. The quantitative estimate of drug-likeness (QED) is 0.649. The molecule has 0 unspecified atom stereocenters. The van der Waals surface area contributed by atoms with E-state index in [1.54, 1.807) is 12.0 Å². The first kappa shape index (κ1) is 17.7. The maximum Gasteiger partial charge on any atom is 0.253 e. The van der Waals surface area contributed by atoms with E-state index in [2.05, 4.69) is 12.1 Å². The van der Waals surface area contributed by atoms with Gasteiger partial charge in [0.15, 0.2) is 0 Å². The molecule has 0 aliphatic rings. The third kappa shape index (κ3) is 4.31. The van der Waals surface area contributed by atoms with Gasteiger partial charge < -0.3 is 9.64 Å². The second-order valence-corrected chi connectivity index (χ2v) is 6.27. The normalized spacial score (nSPS) is 10.4. The Morgan fingerprint density at radius 1 is 0.846 bits per heavy atom. The average Bonchev–Trinajstić information content (AvgIpc) is 2.72. The summed E-state index contributed by atoms with van der Waals surface area (Å²) in [5.74, 6) is 0.884. The molecule has 1 amide bonds. The number of rotatable bonds is 6. The van der Waals surface area contributed by atoms with Crippen LogP contribution >= 0.6 is 0 Å². The third-order valence-corrected chi connectivity index (χ3v) is 4.48. The first-order chi connectivity index (χ1) is 12.7. The molecule has 0 saturated carbocycles. The predicted molar refractivity (Wildman–Crippen MR) is 106 cm³/mol. The zero-order chi connectivity index (χ0) is 18.4. The van der Waals surface area contributed by atoms with Gasteiger partial charge in [-0.25, -0.2) is 0 Å². The second kappa shape index (κ2) is 8.34. The SMILES string of the molecule is COc1ccc(CCN(C)C(=O)c2ccc(-c3ccccc3)cc2)cc1. The summed E-state index contributed by atoms with van der Waals surface area (Å²) < 4.78 is 5.17. The lowest BCUT2D eigenvalue weighted by Crippen LogP contribution is -2.28. The molecule has 132 valence electrons. The summed E-state index contributed by atoms with van der Waals surface area (Å²) in [5, 5.41) is 0. The highest BCUT2D eigenvalue weighted by Crippen LogP contribution is 2.20. The fourth-order valence-corrected chi connectivity index (χ4v) is 2.85. The highest BCUT2D eigenvalue weighted by atomic mass is 16.5. The van der Waals surface area contributed by atoms with Crippen molar-refractivity contribution in [2.45, 2.75) is 6.42 Å². The number of methoxy groups -OCH3 is 1. The molecule has 3 heteroatoms. The standard InChI is InChI=1S/C23H23NO2/c1-24(17-16-18-8-14-22(26-2)15-9-18)23(25)21-12-10-20(11-13-21)19-6-4-3-5-7-19/h3-15H,16-17H2,1-2H3. The summed E-state index contributed by atoms with van der Waals surface area (Å²) in [6.07, 6.45) is 0.814. The van der Waals surface area contributed by atoms with Crippen LogP contribution < -0.4 is 4.74 Å². The number of likely N-dealkylation sites (N-methyl/N-ethyl adjacent to an activating group) is 1. The van der Waals surface area contributed by atoms with Crippen molar-refractivity contribution in [3.63, 3.8) is 0 Å². The Kier molecular flexibility index (Phi) is 5.69. The fraction of sp³-hybridized carbons (Fsp3) is 0.174. The molecular weight excluding hydrogens is 322 g/mol. The minimum absolute atomic E-state index is 0.0399. The van der Waals surface area contributed by atoms with Crippen LogP contribution in [0, 0.1) is 0 Å². The molecule has 0 aliphatic carbocycles. The van der Waals surface area contributed by atoms with E-state index in [9.17, 15) is 4.79 Å². The van der Waals surface area contributed by atoms with Crippen LogP contribution in [0.4, 0.5) is 0 Å². The van der Waals surface area contributed by atoms with Crippen LogP contribution in [-0.4, -0.2) is 31.5 Å². The first-order valence-corrected chi connectivity index (χ1v) is 8.71. The maximum absolute atomic E-state index is 12.6. The minimum atomic E-state index is 0.0399. The van der Waals surface area contributed by atoms with Crippen molar-refractivity contribution < 1.29 is 9.53 Å². The largest absolute Gasteiger partial charge is 0.497 e. The van der Waals surface area contributed by atoms with Gasteiger partial charge in [0.05, 0.1) is 7.11 Å². The Bertz CT molecular complexity index is 840. The van der Waals surface area contributed by atoms with E-state index < -0.39 is 0 Å². The Balaban J connectivity index is 1.60. The molecule has 26 heavy (non-hydrogen) atoms. The molecule has 0 N–H and O–H groups in total. The summed E-state index contributed by atoms with van der Waals surface area (Å²) in [6.45, 7) is 0.672. The first-order valence-electron chi connectivity index (χ1n) is 8.71. The van der Waals surface area contributed by atoms with Crippen molar-refractivity contribution in [2.75, 3.05) is 20.7 Å². The van der Waals surface area contributed by atoms with Gasteiger partial charge in [0.25, 0.3) is 5.91 Å². The van der Waals surface area contributed by atoms with Crippen LogP contribution in [0.25, 0.3) is 11.1 Å². The van der Waals surface area contributed by atoms with Crippen LogP contribution in [0.1, 0.15) is 15.9 Å². The van der Waals surface area contributed by atoms with E-state index in [0.29, 0.717) is 12.1 Å². The Hall–Kier alpha value is -3.07. The zero-order valence-electron chi connectivity index (χ0n) is 15.2. The van der Waals surface area contributed by atoms with Crippen LogP contribution in [0.2, 0.25) is 0 Å². The van der Waals surface area contributed by atoms with Gasteiger partial charge in [0, 0.05) is 19.2 Å². The Labute approximate surface area is 154 Å². The van der Waals surface area contributed by atoms with Crippen molar-refractivity contribution >= 4 is 5.91 Å². The van der Waals surface area contributed by atoms with Crippen molar-refractivity contribution in [2.24, 2.45) is 0 Å². The predicted octanol–water partition coefficient (Wildman–Crippen LogP) is 4.68. The molecule has 0 aromatic heterocycles. The van der Waals surface area contributed by atoms with Crippen molar-refractivity contribution in [3.8, 4) is 16.9 Å². The van der Waals surface area contributed by atoms with Gasteiger partial charge in [-0.3, -0.25) is 4.79 Å². The van der Waals surface area contributed by atoms with Crippen LogP contribution in [-0.2, 0) is 6.42 Å². The van der Waals surface area contributed by atoms with Gasteiger partial charge in [-0.2, -0.15) is 0 Å². The van der Waals surface area contributed by atoms with E-state index in [4.69, 9.17) is 4.74 Å². The number of ether oxygens (including phenoxy) is 1. The summed E-state index contributed by atoms with van der Waals surface area (Å²) in [4.78, 5) is 14.4. The lowest BCUT2D eigenvalue weighted by molar-refractivity contribution is 0.0796. The number of amides is 1.